The highest BCUT2D eigenvalue weighted by atomic mass is 16.8. The third-order valence-corrected chi connectivity index (χ3v) is 5.97. The minimum Gasteiger partial charge on any atom is -0.469 e. The van der Waals surface area contributed by atoms with Crippen LogP contribution in [0.15, 0.2) is 12.2 Å². The Morgan fingerprint density at radius 2 is 2.04 bits per heavy atom. The summed E-state index contributed by atoms with van der Waals surface area (Å²) in [6.07, 6.45) is 1.43. The average molecular weight is 354 g/mol. The van der Waals surface area contributed by atoms with Crippen molar-refractivity contribution in [3.8, 4) is 0 Å². The van der Waals surface area contributed by atoms with E-state index in [0.717, 1.165) is 0 Å². The predicted molar refractivity (Wildman–Crippen MR) is 81.0 cm³/mol. The quantitative estimate of drug-likeness (QED) is 0.524. The summed E-state index contributed by atoms with van der Waals surface area (Å²) in [5.41, 5.74) is -0.936. The molecule has 8 heteroatoms. The van der Waals surface area contributed by atoms with Crippen molar-refractivity contribution in [1.29, 1.82) is 0 Å². The first-order chi connectivity index (χ1) is 12.0. The summed E-state index contributed by atoms with van der Waals surface area (Å²) in [6.45, 7) is 1.81. The summed E-state index contributed by atoms with van der Waals surface area (Å²) in [5.74, 6) is -2.55. The molecule has 3 fully saturated rings. The first-order valence-corrected chi connectivity index (χ1v) is 8.35. The van der Waals surface area contributed by atoms with Gasteiger partial charge in [-0.15, -0.1) is 0 Å². The maximum Gasteiger partial charge on any atom is 0.315 e. The Bertz CT molecular complexity index is 618. The second-order valence-electron chi connectivity index (χ2n) is 6.92. The standard InChI is InChI=1S/C17H22O8/c1-7(20-2)9-12-17(25-14(9)19)6-5-8-10(13(18)21-3)15(22-4)24-16(23-12)11(8)17/h5-12,15-16H,1-4H3/t7-,8+,9-,10+,11-,12-,15+,16+,17+/m1/s1. The molecular weight excluding hydrogens is 332 g/mol. The molecule has 8 nitrogen and oxygen atoms in total. The van der Waals surface area contributed by atoms with Crippen LogP contribution in [-0.2, 0) is 38.0 Å². The van der Waals surface area contributed by atoms with Crippen LogP contribution in [0, 0.1) is 23.7 Å². The zero-order chi connectivity index (χ0) is 17.9. The number of ether oxygens (including phenoxy) is 6. The second kappa shape index (κ2) is 5.77. The van der Waals surface area contributed by atoms with Crippen molar-refractivity contribution in [1.82, 2.24) is 0 Å². The molecule has 0 aromatic rings. The lowest BCUT2D eigenvalue weighted by Gasteiger charge is -2.41. The summed E-state index contributed by atoms with van der Waals surface area (Å²) in [5, 5.41) is 0. The molecule has 0 aromatic heterocycles. The normalized spacial score (nSPS) is 48.0. The predicted octanol–water partition coefficient (Wildman–Crippen LogP) is 0.252. The van der Waals surface area contributed by atoms with Gasteiger partial charge >= 0.3 is 11.9 Å². The zero-order valence-electron chi connectivity index (χ0n) is 14.5. The van der Waals surface area contributed by atoms with Gasteiger partial charge in [-0.3, -0.25) is 9.59 Å². The van der Waals surface area contributed by atoms with Gasteiger partial charge in [-0.1, -0.05) is 6.08 Å². The summed E-state index contributed by atoms with van der Waals surface area (Å²) in [7, 11) is 4.35. The van der Waals surface area contributed by atoms with Crippen LogP contribution in [0.3, 0.4) is 0 Å². The highest BCUT2D eigenvalue weighted by molar-refractivity contribution is 5.79. The van der Waals surface area contributed by atoms with Gasteiger partial charge in [-0.05, 0) is 13.0 Å². The summed E-state index contributed by atoms with van der Waals surface area (Å²) >= 11 is 0. The van der Waals surface area contributed by atoms with Crippen LogP contribution in [0.25, 0.3) is 0 Å². The molecule has 0 amide bonds. The second-order valence-corrected chi connectivity index (χ2v) is 6.92. The van der Waals surface area contributed by atoms with E-state index in [1.807, 2.05) is 19.1 Å². The van der Waals surface area contributed by atoms with E-state index in [-0.39, 0.29) is 23.9 Å². The molecule has 9 atom stereocenters. The Kier molecular flexibility index (Phi) is 3.91. The van der Waals surface area contributed by atoms with Gasteiger partial charge in [0.25, 0.3) is 0 Å². The molecule has 0 unspecified atom stereocenters. The molecule has 0 saturated carbocycles. The largest absolute Gasteiger partial charge is 0.469 e. The summed E-state index contributed by atoms with van der Waals surface area (Å²) in [4.78, 5) is 24.8. The number of allylic oxidation sites excluding steroid dienone is 1. The smallest absolute Gasteiger partial charge is 0.315 e. The fourth-order valence-electron chi connectivity index (χ4n) is 4.75. The number of rotatable bonds is 4. The molecule has 4 rings (SSSR count). The van der Waals surface area contributed by atoms with E-state index in [4.69, 9.17) is 28.4 Å². The van der Waals surface area contributed by atoms with Crippen molar-refractivity contribution >= 4 is 11.9 Å². The topological polar surface area (TPSA) is 89.5 Å². The summed E-state index contributed by atoms with van der Waals surface area (Å²) < 4.78 is 33.4. The van der Waals surface area contributed by atoms with Gasteiger partial charge < -0.3 is 28.4 Å². The molecule has 3 saturated heterocycles. The van der Waals surface area contributed by atoms with Crippen molar-refractivity contribution in [3.63, 3.8) is 0 Å². The molecule has 25 heavy (non-hydrogen) atoms. The van der Waals surface area contributed by atoms with Gasteiger partial charge in [0, 0.05) is 20.1 Å². The van der Waals surface area contributed by atoms with Crippen molar-refractivity contribution in [2.45, 2.75) is 37.3 Å². The molecule has 3 heterocycles. The van der Waals surface area contributed by atoms with Gasteiger partial charge in [0.05, 0.1) is 19.1 Å². The fraction of sp³-hybridized carbons (Fsp3) is 0.765. The van der Waals surface area contributed by atoms with Gasteiger partial charge in [0.15, 0.2) is 18.2 Å². The lowest BCUT2D eigenvalue weighted by atomic mass is 9.74. The monoisotopic (exact) mass is 354 g/mol. The van der Waals surface area contributed by atoms with E-state index in [0.29, 0.717) is 0 Å². The molecule has 1 spiro atoms. The van der Waals surface area contributed by atoms with Crippen LogP contribution in [0.2, 0.25) is 0 Å². The van der Waals surface area contributed by atoms with Crippen molar-refractivity contribution < 1.29 is 38.0 Å². The van der Waals surface area contributed by atoms with Gasteiger partial charge in [0.1, 0.15) is 17.9 Å². The molecule has 0 N–H and O–H groups in total. The van der Waals surface area contributed by atoms with Gasteiger partial charge in [-0.25, -0.2) is 0 Å². The van der Waals surface area contributed by atoms with Gasteiger partial charge in [0.2, 0.25) is 0 Å². The SMILES string of the molecule is COC(=O)[C@H]1[C@@H](OC)O[C@@H]2O[C@@H]3[C@@H]([C@@H](C)OC)C(=O)O[C@]34C=C[C@@H]1[C@H]24. The van der Waals surface area contributed by atoms with E-state index >= 15 is 0 Å². The van der Waals surface area contributed by atoms with E-state index in [2.05, 4.69) is 0 Å². The molecule has 0 bridgehead atoms. The number of methoxy groups -OCH3 is 3. The molecule has 4 aliphatic rings. The molecule has 138 valence electrons. The molecule has 1 aliphatic carbocycles. The van der Waals surface area contributed by atoms with Crippen molar-refractivity contribution in [2.75, 3.05) is 21.3 Å². The number of esters is 2. The zero-order valence-corrected chi connectivity index (χ0v) is 14.5. The Morgan fingerprint density at radius 3 is 2.68 bits per heavy atom. The van der Waals surface area contributed by atoms with Gasteiger partial charge in [-0.2, -0.15) is 0 Å². The number of hydrogen-bond acceptors (Lipinski definition) is 8. The average Bonchev–Trinajstić information content (AvgIpc) is 3.21. The Labute approximate surface area is 145 Å². The minimum absolute atomic E-state index is 0.259. The fourth-order valence-corrected chi connectivity index (χ4v) is 4.75. The molecular formula is C17H22O8. The van der Waals surface area contributed by atoms with Crippen LogP contribution < -0.4 is 0 Å². The van der Waals surface area contributed by atoms with Crippen molar-refractivity contribution in [2.24, 2.45) is 23.7 Å². The van der Waals surface area contributed by atoms with Crippen LogP contribution in [0.5, 0.6) is 0 Å². The van der Waals surface area contributed by atoms with Crippen LogP contribution in [0.4, 0.5) is 0 Å². The van der Waals surface area contributed by atoms with E-state index in [9.17, 15) is 9.59 Å². The Hall–Kier alpha value is -1.48. The molecule has 0 aromatic carbocycles. The number of carbonyl (C=O) groups excluding carboxylic acids is 2. The molecule has 3 aliphatic heterocycles. The first-order valence-electron chi connectivity index (χ1n) is 8.35. The van der Waals surface area contributed by atoms with Crippen LogP contribution >= 0.6 is 0 Å². The minimum atomic E-state index is -0.936. The van der Waals surface area contributed by atoms with Crippen molar-refractivity contribution in [3.05, 3.63) is 12.2 Å². The number of carbonyl (C=O) groups is 2. The van der Waals surface area contributed by atoms with Crippen LogP contribution in [-0.4, -0.2) is 63.7 Å². The molecule has 0 radical (unpaired) electrons. The third kappa shape index (κ3) is 2.08. The Balaban J connectivity index is 1.71. The third-order valence-electron chi connectivity index (χ3n) is 5.97. The summed E-state index contributed by atoms with van der Waals surface area (Å²) in [6, 6.07) is 0. The highest BCUT2D eigenvalue weighted by Gasteiger charge is 2.74. The highest BCUT2D eigenvalue weighted by Crippen LogP contribution is 2.59. The van der Waals surface area contributed by atoms with Crippen LogP contribution in [0.1, 0.15) is 6.92 Å². The van der Waals surface area contributed by atoms with E-state index in [1.165, 1.54) is 14.2 Å². The lowest BCUT2D eigenvalue weighted by Crippen LogP contribution is -2.53. The first kappa shape index (κ1) is 17.0. The Morgan fingerprint density at radius 1 is 1.28 bits per heavy atom. The number of hydrogen-bond donors (Lipinski definition) is 0. The van der Waals surface area contributed by atoms with E-state index in [1.54, 1.807) is 7.11 Å². The van der Waals surface area contributed by atoms with E-state index < -0.39 is 42.1 Å². The maximum absolute atomic E-state index is 12.5. The lowest BCUT2D eigenvalue weighted by molar-refractivity contribution is -0.295. The maximum atomic E-state index is 12.5.